The van der Waals surface area contributed by atoms with Crippen molar-refractivity contribution in [3.63, 3.8) is 0 Å². The Hall–Kier alpha value is -5.24. The number of Topliss-reactive ketones (excluding diaryl/α,β-unsaturated/α-hetero) is 1. The highest BCUT2D eigenvalue weighted by molar-refractivity contribution is 7.89. The lowest BCUT2D eigenvalue weighted by molar-refractivity contribution is -0.143. The Balaban J connectivity index is 1.80. The SMILES string of the molecule is CCN(CC)c1ccc2c(-c3ccc(S(=O)(=O)NC(C(=O)NC(C)C(=O)NC(CC(=O)OC)C(=O)CF)C(C)C)cc3S(=O)(=O)[O-])c3ccc(=[N+](CC)CC)cc-3oc2c1. The molecule has 1 heterocycles. The molecule has 3 atom stereocenters. The summed E-state index contributed by atoms with van der Waals surface area (Å²) < 4.78 is 95.5. The molecule has 0 bridgehead atoms. The predicted octanol–water partition coefficient (Wildman–Crippen LogP) is 3.16. The number of methoxy groups -OCH3 is 1. The van der Waals surface area contributed by atoms with Crippen molar-refractivity contribution in [2.24, 2.45) is 5.92 Å². The molecule has 0 saturated heterocycles. The van der Waals surface area contributed by atoms with E-state index in [1.807, 2.05) is 52.0 Å². The van der Waals surface area contributed by atoms with Crippen molar-refractivity contribution in [2.75, 3.05) is 44.9 Å². The Bertz CT molecular complexity index is 2510. The van der Waals surface area contributed by atoms with E-state index >= 15 is 0 Å². The number of alkyl halides is 1. The highest BCUT2D eigenvalue weighted by atomic mass is 32.2. The molecule has 3 N–H and O–H groups in total. The van der Waals surface area contributed by atoms with E-state index in [1.165, 1.54) is 26.8 Å². The number of hydrogen-bond donors (Lipinski definition) is 3. The van der Waals surface area contributed by atoms with Crippen LogP contribution in [-0.2, 0) is 44.1 Å². The zero-order chi connectivity index (χ0) is 44.7. The normalized spacial score (nSPS) is 13.4. The molecule has 1 aliphatic heterocycles. The lowest BCUT2D eigenvalue weighted by Crippen LogP contribution is -2.56. The van der Waals surface area contributed by atoms with Crippen molar-refractivity contribution < 1.29 is 54.1 Å². The number of carbonyl (C=O) groups is 4. The summed E-state index contributed by atoms with van der Waals surface area (Å²) in [6.07, 6.45) is -0.666. The monoisotopic (exact) mass is 873 g/mol. The quantitative estimate of drug-likeness (QED) is 0.0535. The topological polar surface area (TPSA) is 224 Å². The van der Waals surface area contributed by atoms with Crippen LogP contribution in [0.2, 0.25) is 0 Å². The number of ketones is 1. The number of esters is 1. The fourth-order valence-electron chi connectivity index (χ4n) is 6.79. The van der Waals surface area contributed by atoms with Gasteiger partial charge in [0.1, 0.15) is 59.4 Å². The summed E-state index contributed by atoms with van der Waals surface area (Å²) in [5.74, 6) is -4.32. The van der Waals surface area contributed by atoms with Gasteiger partial charge in [0.2, 0.25) is 27.2 Å². The van der Waals surface area contributed by atoms with Gasteiger partial charge in [-0.15, -0.1) is 0 Å². The van der Waals surface area contributed by atoms with Gasteiger partial charge in [-0.1, -0.05) is 19.9 Å². The molecule has 0 aromatic heterocycles. The lowest BCUT2D eigenvalue weighted by Gasteiger charge is -2.25. The van der Waals surface area contributed by atoms with Crippen molar-refractivity contribution in [1.29, 1.82) is 0 Å². The number of hydrogen-bond acceptors (Lipinski definition) is 12. The minimum atomic E-state index is -5.36. The molecule has 2 amide bonds. The number of halogens is 1. The molecular formula is C41H52FN5O11S2. The van der Waals surface area contributed by atoms with Gasteiger partial charge in [-0.25, -0.2) is 25.8 Å². The van der Waals surface area contributed by atoms with Crippen molar-refractivity contribution in [3.8, 4) is 22.5 Å². The number of fused-ring (bicyclic) bond motifs is 2. The minimum absolute atomic E-state index is 0.0735. The van der Waals surface area contributed by atoms with Gasteiger partial charge in [-0.2, -0.15) is 4.72 Å². The van der Waals surface area contributed by atoms with Gasteiger partial charge in [0.15, 0.2) is 5.78 Å². The first-order valence-electron chi connectivity index (χ1n) is 19.5. The summed E-state index contributed by atoms with van der Waals surface area (Å²) in [6.45, 7) is 13.6. The summed E-state index contributed by atoms with van der Waals surface area (Å²) in [5, 5.41) is 5.84. The second-order valence-electron chi connectivity index (χ2n) is 14.3. The van der Waals surface area contributed by atoms with E-state index in [2.05, 4.69) is 29.6 Å². The average molecular weight is 874 g/mol. The molecule has 326 valence electrons. The molecule has 0 spiro atoms. The molecular weight excluding hydrogens is 822 g/mol. The van der Waals surface area contributed by atoms with Crippen LogP contribution in [0.1, 0.15) is 54.9 Å². The van der Waals surface area contributed by atoms with E-state index in [-0.39, 0.29) is 5.56 Å². The number of ether oxygens (including phenoxy) is 1. The molecule has 0 saturated carbocycles. The van der Waals surface area contributed by atoms with Gasteiger partial charge < -0.3 is 29.2 Å². The van der Waals surface area contributed by atoms with Crippen LogP contribution in [0.25, 0.3) is 33.4 Å². The van der Waals surface area contributed by atoms with E-state index in [0.29, 0.717) is 54.0 Å². The average Bonchev–Trinajstić information content (AvgIpc) is 3.21. The van der Waals surface area contributed by atoms with Crippen LogP contribution in [0, 0.1) is 5.92 Å². The smallest absolute Gasteiger partial charge is 0.308 e. The van der Waals surface area contributed by atoms with Crippen LogP contribution in [0.15, 0.2) is 68.8 Å². The van der Waals surface area contributed by atoms with Crippen molar-refractivity contribution in [2.45, 2.75) is 82.8 Å². The van der Waals surface area contributed by atoms with Crippen molar-refractivity contribution in [3.05, 3.63) is 60.0 Å². The fraction of sp³-hybridized carbons (Fsp3) is 0.439. The van der Waals surface area contributed by atoms with Gasteiger partial charge in [0.05, 0.1) is 29.4 Å². The molecule has 0 fully saturated rings. The predicted molar refractivity (Wildman–Crippen MR) is 222 cm³/mol. The van der Waals surface area contributed by atoms with Gasteiger partial charge in [-0.05, 0) is 70.9 Å². The van der Waals surface area contributed by atoms with E-state index in [9.17, 15) is 45.0 Å². The Labute approximate surface area is 349 Å². The number of carbonyl (C=O) groups excluding carboxylic acids is 4. The summed E-state index contributed by atoms with van der Waals surface area (Å²) in [4.78, 5) is 50.7. The Kier molecular flexibility index (Phi) is 15.7. The van der Waals surface area contributed by atoms with Crippen LogP contribution in [-0.4, -0.2) is 103 Å². The Morgan fingerprint density at radius 3 is 2.08 bits per heavy atom. The third-order valence-corrected chi connectivity index (χ3v) is 12.5. The van der Waals surface area contributed by atoms with Crippen LogP contribution in [0.4, 0.5) is 10.1 Å². The summed E-state index contributed by atoms with van der Waals surface area (Å²) in [6, 6.07) is 9.45. The zero-order valence-electron chi connectivity index (χ0n) is 34.8. The highest BCUT2D eigenvalue weighted by Gasteiger charge is 2.33. The Morgan fingerprint density at radius 2 is 1.52 bits per heavy atom. The first-order chi connectivity index (χ1) is 28.2. The van der Waals surface area contributed by atoms with Gasteiger partial charge in [0.25, 0.3) is 0 Å². The minimum Gasteiger partial charge on any atom is -0.744 e. The second kappa shape index (κ2) is 19.9. The number of anilines is 1. The number of nitrogens with zero attached hydrogens (tertiary/aromatic N) is 2. The van der Waals surface area contributed by atoms with Gasteiger partial charge in [0, 0.05) is 53.0 Å². The maximum atomic E-state index is 13.9. The first-order valence-corrected chi connectivity index (χ1v) is 22.4. The van der Waals surface area contributed by atoms with Crippen LogP contribution in [0.3, 0.4) is 0 Å². The number of sulfonamides is 1. The van der Waals surface area contributed by atoms with Crippen LogP contribution < -0.4 is 30.2 Å². The van der Waals surface area contributed by atoms with Gasteiger partial charge >= 0.3 is 5.97 Å². The molecule has 2 aromatic carbocycles. The van der Waals surface area contributed by atoms with Crippen LogP contribution in [0.5, 0.6) is 0 Å². The molecule has 2 aliphatic rings. The summed E-state index contributed by atoms with van der Waals surface area (Å²) >= 11 is 0. The molecule has 60 heavy (non-hydrogen) atoms. The van der Waals surface area contributed by atoms with Gasteiger partial charge in [-0.3, -0.25) is 19.2 Å². The molecule has 16 nitrogen and oxygen atoms in total. The van der Waals surface area contributed by atoms with Crippen LogP contribution >= 0.6 is 0 Å². The fourth-order valence-corrected chi connectivity index (χ4v) is 8.95. The zero-order valence-corrected chi connectivity index (χ0v) is 36.5. The lowest BCUT2D eigenvalue weighted by atomic mass is 9.93. The second-order valence-corrected chi connectivity index (χ2v) is 17.4. The molecule has 3 unspecified atom stereocenters. The summed E-state index contributed by atoms with van der Waals surface area (Å²) in [5.41, 5.74) is 1.96. The third kappa shape index (κ3) is 10.7. The maximum Gasteiger partial charge on any atom is 0.308 e. The number of rotatable bonds is 19. The third-order valence-electron chi connectivity index (χ3n) is 10.2. The van der Waals surface area contributed by atoms with E-state index in [1.54, 1.807) is 12.1 Å². The molecule has 0 radical (unpaired) electrons. The standard InChI is InChI=1S/C41H52FN5O11S2/c1-9-46(10-2)26-13-16-29-34(19-26)58-35-20-27(47(11-3)12-4)14-17-30(35)38(29)31-18-15-28(21-36(31)60(54,55)56)59(52,53)45-39(24(5)6)41(51)43-25(7)40(50)44-32(33(48)23-42)22-37(49)57-8/h13-21,24-25,32,39,45H,9-12,22-23H2,1-8H3,(H2-,43,44,50,51,54,55,56). The van der Waals surface area contributed by atoms with Crippen molar-refractivity contribution in [1.82, 2.24) is 19.9 Å². The number of amides is 2. The highest BCUT2D eigenvalue weighted by Crippen LogP contribution is 2.43. The summed E-state index contributed by atoms with van der Waals surface area (Å²) in [7, 11) is -9.07. The number of nitrogens with one attached hydrogen (secondary N) is 3. The largest absolute Gasteiger partial charge is 0.744 e. The first kappa shape index (κ1) is 47.4. The molecule has 1 aliphatic carbocycles. The van der Waals surface area contributed by atoms with Crippen molar-refractivity contribution >= 4 is 60.4 Å². The van der Waals surface area contributed by atoms with E-state index in [0.717, 1.165) is 30.3 Å². The maximum absolute atomic E-state index is 13.9. The molecule has 4 rings (SSSR count). The molecule has 2 aromatic rings. The van der Waals surface area contributed by atoms with E-state index in [4.69, 9.17) is 4.42 Å². The van der Waals surface area contributed by atoms with E-state index < -0.39 is 90.6 Å². The molecule has 19 heteroatoms. The Morgan fingerprint density at radius 1 is 0.867 bits per heavy atom. The number of benzene rings is 3.